The van der Waals surface area contributed by atoms with Crippen molar-refractivity contribution in [3.05, 3.63) is 0 Å². The number of rotatable bonds is 3. The van der Waals surface area contributed by atoms with Gasteiger partial charge in [-0.05, 0) is 26.7 Å². The maximum Gasteiger partial charge on any atom is 0.224 e. The number of aliphatic imine (C=N–C) groups is 1. The molecule has 0 radical (unpaired) electrons. The summed E-state index contributed by atoms with van der Waals surface area (Å²) < 4.78 is 5.54. The van der Waals surface area contributed by atoms with Gasteiger partial charge in [0.25, 0.3) is 0 Å². The number of nitrogens with zero attached hydrogens (tertiary/aromatic N) is 2. The fourth-order valence-corrected chi connectivity index (χ4v) is 2.81. The number of nitrogens with two attached hydrogens (primary N) is 1. The van der Waals surface area contributed by atoms with Crippen LogP contribution in [0.4, 0.5) is 0 Å². The zero-order valence-corrected chi connectivity index (χ0v) is 12.7. The van der Waals surface area contributed by atoms with Crippen LogP contribution in [0, 0.1) is 10.8 Å². The summed E-state index contributed by atoms with van der Waals surface area (Å²) >= 11 is 0. The van der Waals surface area contributed by atoms with Crippen LogP contribution in [0.5, 0.6) is 0 Å². The van der Waals surface area contributed by atoms with E-state index < -0.39 is 5.41 Å². The average Bonchev–Trinajstić information content (AvgIpc) is 3.01. The number of nitrogens with one attached hydrogen (secondary N) is 1. The van der Waals surface area contributed by atoms with E-state index >= 15 is 0 Å². The molecule has 6 heteroatoms. The number of carbonyl (C=O) groups excluding carboxylic acids is 1. The Morgan fingerprint density at radius 3 is 2.80 bits per heavy atom. The van der Waals surface area contributed by atoms with Crippen molar-refractivity contribution in [2.24, 2.45) is 21.6 Å². The van der Waals surface area contributed by atoms with Crippen LogP contribution >= 0.6 is 0 Å². The summed E-state index contributed by atoms with van der Waals surface area (Å²) in [5.41, 5.74) is 5.12. The number of hydrogen-bond donors (Lipinski definition) is 2. The van der Waals surface area contributed by atoms with Crippen molar-refractivity contribution in [2.45, 2.75) is 26.7 Å². The lowest BCUT2D eigenvalue weighted by molar-refractivity contribution is -0.125. The van der Waals surface area contributed by atoms with Crippen molar-refractivity contribution in [1.82, 2.24) is 10.2 Å². The van der Waals surface area contributed by atoms with Gasteiger partial charge in [0.1, 0.15) is 0 Å². The van der Waals surface area contributed by atoms with Crippen molar-refractivity contribution in [1.29, 1.82) is 0 Å². The van der Waals surface area contributed by atoms with E-state index in [4.69, 9.17) is 10.5 Å². The summed E-state index contributed by atoms with van der Waals surface area (Å²) in [4.78, 5) is 17.9. The zero-order valence-electron chi connectivity index (χ0n) is 12.7. The lowest BCUT2D eigenvalue weighted by atomic mass is 9.87. The lowest BCUT2D eigenvalue weighted by Gasteiger charge is -2.28. The Balaban J connectivity index is 1.92. The predicted octanol–water partition coefficient (Wildman–Crippen LogP) is 0.186. The quantitative estimate of drug-likeness (QED) is 0.572. The molecule has 1 amide bonds. The normalized spacial score (nSPS) is 27.4. The molecule has 0 aromatic carbocycles. The highest BCUT2D eigenvalue weighted by Gasteiger charge is 2.42. The molecule has 0 bridgehead atoms. The topological polar surface area (TPSA) is 79.9 Å². The summed E-state index contributed by atoms with van der Waals surface area (Å²) in [5, 5.41) is 3.27. The molecular weight excluding hydrogens is 256 g/mol. The molecule has 2 rings (SSSR count). The first-order chi connectivity index (χ1) is 9.38. The third-order valence-corrected chi connectivity index (χ3v) is 4.49. The molecule has 6 nitrogen and oxygen atoms in total. The summed E-state index contributed by atoms with van der Waals surface area (Å²) in [7, 11) is 1.77. The van der Waals surface area contributed by atoms with E-state index in [0.29, 0.717) is 12.0 Å². The van der Waals surface area contributed by atoms with Gasteiger partial charge in [-0.1, -0.05) is 0 Å². The second-order valence-electron chi connectivity index (χ2n) is 6.62. The van der Waals surface area contributed by atoms with Crippen molar-refractivity contribution < 1.29 is 9.53 Å². The number of carbonyl (C=O) groups is 1. The van der Waals surface area contributed by atoms with Crippen LogP contribution in [0.3, 0.4) is 0 Å². The third kappa shape index (κ3) is 3.06. The van der Waals surface area contributed by atoms with Gasteiger partial charge in [-0.25, -0.2) is 0 Å². The van der Waals surface area contributed by atoms with Crippen LogP contribution in [0.15, 0.2) is 4.99 Å². The van der Waals surface area contributed by atoms with Crippen LogP contribution in [-0.2, 0) is 9.53 Å². The van der Waals surface area contributed by atoms with E-state index in [2.05, 4.69) is 15.2 Å². The highest BCUT2D eigenvalue weighted by molar-refractivity contribution is 5.83. The van der Waals surface area contributed by atoms with Gasteiger partial charge < -0.3 is 20.7 Å². The third-order valence-electron chi connectivity index (χ3n) is 4.49. The fraction of sp³-hybridized carbons (Fsp3) is 0.857. The monoisotopic (exact) mass is 282 g/mol. The molecule has 3 N–H and O–H groups in total. The second kappa shape index (κ2) is 5.60. The van der Waals surface area contributed by atoms with Gasteiger partial charge >= 0.3 is 0 Å². The first-order valence-electron chi connectivity index (χ1n) is 7.22. The predicted molar refractivity (Wildman–Crippen MR) is 78.4 cm³/mol. The molecule has 2 saturated heterocycles. The fourth-order valence-electron chi connectivity index (χ4n) is 2.81. The van der Waals surface area contributed by atoms with Gasteiger partial charge in [-0.15, -0.1) is 0 Å². The van der Waals surface area contributed by atoms with Crippen LogP contribution in [-0.4, -0.2) is 56.7 Å². The molecule has 2 heterocycles. The molecule has 20 heavy (non-hydrogen) atoms. The van der Waals surface area contributed by atoms with Crippen LogP contribution in [0.2, 0.25) is 0 Å². The van der Waals surface area contributed by atoms with E-state index in [1.54, 1.807) is 7.05 Å². The highest BCUT2D eigenvalue weighted by atomic mass is 16.5. The second-order valence-corrected chi connectivity index (χ2v) is 6.62. The van der Waals surface area contributed by atoms with Gasteiger partial charge in [0, 0.05) is 38.7 Å². The van der Waals surface area contributed by atoms with Crippen molar-refractivity contribution in [2.75, 3.05) is 39.9 Å². The Morgan fingerprint density at radius 2 is 2.25 bits per heavy atom. The molecule has 1 atom stereocenters. The number of primary amides is 1. The van der Waals surface area contributed by atoms with E-state index in [1.165, 1.54) is 0 Å². The van der Waals surface area contributed by atoms with E-state index in [-0.39, 0.29) is 5.91 Å². The van der Waals surface area contributed by atoms with Crippen molar-refractivity contribution in [3.8, 4) is 0 Å². The lowest BCUT2D eigenvalue weighted by Crippen LogP contribution is -2.47. The smallest absolute Gasteiger partial charge is 0.224 e. The van der Waals surface area contributed by atoms with Crippen LogP contribution in [0.25, 0.3) is 0 Å². The highest BCUT2D eigenvalue weighted by Crippen LogP contribution is 2.38. The summed E-state index contributed by atoms with van der Waals surface area (Å²) in [6.07, 6.45) is 2.28. The first-order valence-corrected chi connectivity index (χ1v) is 7.22. The molecule has 0 aromatic heterocycles. The molecule has 2 aliphatic heterocycles. The van der Waals surface area contributed by atoms with Gasteiger partial charge in [0.15, 0.2) is 5.96 Å². The Labute approximate surface area is 120 Å². The SMILES string of the molecule is CN=C(NCC(C)(C)C(N)=O)N1CCC2(CCOC2)C1. The van der Waals surface area contributed by atoms with Crippen LogP contribution < -0.4 is 11.1 Å². The Morgan fingerprint density at radius 1 is 1.50 bits per heavy atom. The van der Waals surface area contributed by atoms with Gasteiger partial charge in [-0.3, -0.25) is 9.79 Å². The van der Waals surface area contributed by atoms with Gasteiger partial charge in [0.05, 0.1) is 12.0 Å². The minimum Gasteiger partial charge on any atom is -0.381 e. The van der Waals surface area contributed by atoms with E-state index in [0.717, 1.165) is 45.1 Å². The minimum absolute atomic E-state index is 0.302. The summed E-state index contributed by atoms with van der Waals surface area (Å²) in [5.74, 6) is 0.547. The number of ether oxygens (including phenoxy) is 1. The summed E-state index contributed by atoms with van der Waals surface area (Å²) in [6, 6.07) is 0. The molecule has 2 fully saturated rings. The number of amides is 1. The maximum atomic E-state index is 11.4. The summed E-state index contributed by atoms with van der Waals surface area (Å²) in [6.45, 7) is 7.86. The number of likely N-dealkylation sites (tertiary alicyclic amines) is 1. The Kier molecular flexibility index (Phi) is 4.22. The average molecular weight is 282 g/mol. The van der Waals surface area contributed by atoms with Crippen molar-refractivity contribution in [3.63, 3.8) is 0 Å². The zero-order chi connectivity index (χ0) is 14.8. The van der Waals surface area contributed by atoms with Gasteiger partial charge in [0.2, 0.25) is 5.91 Å². The molecular formula is C14H26N4O2. The molecule has 0 aromatic rings. The molecule has 0 aliphatic carbocycles. The number of hydrogen-bond acceptors (Lipinski definition) is 3. The van der Waals surface area contributed by atoms with E-state index in [9.17, 15) is 4.79 Å². The van der Waals surface area contributed by atoms with Crippen LogP contribution in [0.1, 0.15) is 26.7 Å². The van der Waals surface area contributed by atoms with Gasteiger partial charge in [-0.2, -0.15) is 0 Å². The standard InChI is InChI=1S/C14H26N4O2/c1-13(2,11(15)19)8-17-12(16-3)18-6-4-14(9-18)5-7-20-10-14/h4-10H2,1-3H3,(H2,15,19)(H,16,17). The molecule has 1 spiro atoms. The van der Waals surface area contributed by atoms with E-state index in [1.807, 2.05) is 13.8 Å². The molecule has 1 unspecified atom stereocenters. The molecule has 2 aliphatic rings. The molecule has 0 saturated carbocycles. The Hall–Kier alpha value is -1.30. The largest absolute Gasteiger partial charge is 0.381 e. The number of guanidine groups is 1. The minimum atomic E-state index is -0.580. The van der Waals surface area contributed by atoms with Crippen molar-refractivity contribution >= 4 is 11.9 Å². The first kappa shape index (κ1) is 15.1. The maximum absolute atomic E-state index is 11.4. The molecule has 114 valence electrons. The Bertz CT molecular complexity index is 400.